The molecule has 3 aromatic rings. The second kappa shape index (κ2) is 9.10. The summed E-state index contributed by atoms with van der Waals surface area (Å²) in [6.45, 7) is 26.6. The van der Waals surface area contributed by atoms with Crippen LogP contribution in [0.2, 0.25) is 0 Å². The molecule has 0 saturated carbocycles. The summed E-state index contributed by atoms with van der Waals surface area (Å²) < 4.78 is 0. The van der Waals surface area contributed by atoms with Gasteiger partial charge in [-0.05, 0) is 129 Å². The molecule has 0 aromatic heterocycles. The normalized spacial score (nSPS) is 11.2. The third-order valence-corrected chi connectivity index (χ3v) is 8.82. The average molecular weight is 454 g/mol. The fourth-order valence-corrected chi connectivity index (χ4v) is 5.91. The van der Waals surface area contributed by atoms with Gasteiger partial charge in [0.05, 0.1) is 5.56 Å². The van der Waals surface area contributed by atoms with Crippen molar-refractivity contribution in [3.63, 3.8) is 0 Å². The van der Waals surface area contributed by atoms with Crippen molar-refractivity contribution in [2.24, 2.45) is 0 Å². The van der Waals surface area contributed by atoms with Gasteiger partial charge in [-0.2, -0.15) is 0 Å². The molecule has 0 aliphatic carbocycles. The maximum Gasteiger partial charge on any atom is 0.335 e. The first-order valence-corrected chi connectivity index (χ1v) is 12.2. The largest absolute Gasteiger partial charge is 0.478 e. The lowest BCUT2D eigenvalue weighted by molar-refractivity contribution is 0.0696. The predicted octanol–water partition coefficient (Wildman–Crippen LogP) is 5.60. The molecule has 3 aromatic carbocycles. The first-order chi connectivity index (χ1) is 15.7. The number of carboxylic acids is 1. The van der Waals surface area contributed by atoms with Gasteiger partial charge in [0, 0.05) is 0 Å². The van der Waals surface area contributed by atoms with E-state index in [1.165, 1.54) is 72.0 Å². The summed E-state index contributed by atoms with van der Waals surface area (Å²) in [4.78, 5) is 11.8. The highest BCUT2D eigenvalue weighted by Crippen LogP contribution is 2.24. The Morgan fingerprint density at radius 3 is 1.03 bits per heavy atom. The number of rotatable bonds is 4. The van der Waals surface area contributed by atoms with Gasteiger partial charge in [-0.15, -0.1) is 0 Å². The van der Waals surface area contributed by atoms with E-state index >= 15 is 0 Å². The Morgan fingerprint density at radius 1 is 0.500 bits per heavy atom. The van der Waals surface area contributed by atoms with Gasteiger partial charge in [-0.1, -0.05) is 49.8 Å². The van der Waals surface area contributed by atoms with Crippen molar-refractivity contribution in [3.8, 4) is 0 Å². The number of carbonyl (C=O) groups is 1. The highest BCUT2D eigenvalue weighted by molar-refractivity contribution is 6.97. The second-order valence-corrected chi connectivity index (χ2v) is 10.3. The lowest BCUT2D eigenvalue weighted by Gasteiger charge is -2.31. The highest BCUT2D eigenvalue weighted by atomic mass is 16.4. The molecule has 0 unspecified atom stereocenters. The van der Waals surface area contributed by atoms with E-state index in [9.17, 15) is 9.90 Å². The Morgan fingerprint density at radius 2 is 0.765 bits per heavy atom. The first kappa shape index (κ1) is 25.8. The van der Waals surface area contributed by atoms with Crippen LogP contribution < -0.4 is 16.4 Å². The summed E-state index contributed by atoms with van der Waals surface area (Å²) in [6, 6.07) is 3.68. The standard InChI is InChI=1S/C31H39BO2/c1-15-13-27(31(33)34)14-16(2)28(15)32(29-23(9)19(5)17(3)20(6)24(29)10)30-25(11)21(7)18(4)22(8)26(30)12/h13-14H,1-12H3,(H,33,34). The Bertz CT molecular complexity index is 1190. The number of hydrogen-bond donors (Lipinski definition) is 1. The first-order valence-electron chi connectivity index (χ1n) is 12.2. The van der Waals surface area contributed by atoms with Gasteiger partial charge in [-0.3, -0.25) is 0 Å². The topological polar surface area (TPSA) is 37.3 Å². The molecule has 0 bridgehead atoms. The molecule has 0 aliphatic heterocycles. The van der Waals surface area contributed by atoms with Crippen molar-refractivity contribution in [3.05, 3.63) is 84.5 Å². The monoisotopic (exact) mass is 454 g/mol. The lowest BCUT2D eigenvalue weighted by atomic mass is 9.32. The van der Waals surface area contributed by atoms with Crippen molar-refractivity contribution in [1.82, 2.24) is 0 Å². The summed E-state index contributed by atoms with van der Waals surface area (Å²) in [5.41, 5.74) is 19.8. The minimum atomic E-state index is -0.877. The summed E-state index contributed by atoms with van der Waals surface area (Å²) >= 11 is 0. The molecule has 0 atom stereocenters. The van der Waals surface area contributed by atoms with Crippen molar-refractivity contribution in [2.45, 2.75) is 83.1 Å². The Hall–Kier alpha value is -2.81. The smallest absolute Gasteiger partial charge is 0.335 e. The molecule has 0 fully saturated rings. The Kier molecular flexibility index (Phi) is 6.90. The van der Waals surface area contributed by atoms with E-state index in [1.807, 2.05) is 12.1 Å². The maximum atomic E-state index is 11.8. The zero-order valence-electron chi connectivity index (χ0n) is 23.1. The SMILES string of the molecule is Cc1cc(C(=O)O)cc(C)c1B(c1c(C)c(C)c(C)c(C)c1C)c1c(C)c(C)c(C)c(C)c1C. The van der Waals surface area contributed by atoms with Gasteiger partial charge in [0.15, 0.2) is 0 Å². The molecule has 1 N–H and O–H groups in total. The third kappa shape index (κ3) is 3.89. The van der Waals surface area contributed by atoms with Crippen LogP contribution >= 0.6 is 0 Å². The number of carboxylic acid groups (broad SMARTS) is 1. The molecule has 0 heterocycles. The fourth-order valence-electron chi connectivity index (χ4n) is 5.91. The van der Waals surface area contributed by atoms with E-state index in [-0.39, 0.29) is 6.71 Å². The average Bonchev–Trinajstić information content (AvgIpc) is 2.78. The van der Waals surface area contributed by atoms with E-state index in [0.717, 1.165) is 11.1 Å². The van der Waals surface area contributed by atoms with Crippen LogP contribution in [0.15, 0.2) is 12.1 Å². The van der Waals surface area contributed by atoms with Gasteiger partial charge >= 0.3 is 5.97 Å². The van der Waals surface area contributed by atoms with Gasteiger partial charge in [0.2, 0.25) is 6.71 Å². The maximum absolute atomic E-state index is 11.8. The molecule has 3 rings (SSSR count). The minimum absolute atomic E-state index is 0.0406. The lowest BCUT2D eigenvalue weighted by Crippen LogP contribution is -2.58. The quantitative estimate of drug-likeness (QED) is 0.521. The molecule has 0 saturated heterocycles. The zero-order valence-corrected chi connectivity index (χ0v) is 23.1. The summed E-state index contributed by atoms with van der Waals surface area (Å²) in [5.74, 6) is -0.877. The third-order valence-electron chi connectivity index (χ3n) is 8.82. The summed E-state index contributed by atoms with van der Waals surface area (Å²) in [5, 5.41) is 9.68. The van der Waals surface area contributed by atoms with E-state index in [1.54, 1.807) is 0 Å². The van der Waals surface area contributed by atoms with Crippen molar-refractivity contribution in [1.29, 1.82) is 0 Å². The van der Waals surface area contributed by atoms with Crippen LogP contribution in [0.5, 0.6) is 0 Å². The van der Waals surface area contributed by atoms with Gasteiger partial charge < -0.3 is 5.11 Å². The molecule has 34 heavy (non-hydrogen) atoms. The minimum Gasteiger partial charge on any atom is -0.478 e. The zero-order chi connectivity index (χ0) is 25.8. The Labute approximate surface area is 206 Å². The van der Waals surface area contributed by atoms with Crippen LogP contribution in [-0.2, 0) is 0 Å². The summed E-state index contributed by atoms with van der Waals surface area (Å²) in [7, 11) is 0. The molecular weight excluding hydrogens is 415 g/mol. The van der Waals surface area contributed by atoms with Crippen LogP contribution in [0, 0.1) is 83.1 Å². The van der Waals surface area contributed by atoms with Crippen molar-refractivity contribution >= 4 is 29.1 Å². The van der Waals surface area contributed by atoms with Gasteiger partial charge in [0.1, 0.15) is 0 Å². The molecule has 0 spiro atoms. The Balaban J connectivity index is 2.60. The fraction of sp³-hybridized carbons (Fsp3) is 0.387. The van der Waals surface area contributed by atoms with Crippen LogP contribution in [0.25, 0.3) is 0 Å². The van der Waals surface area contributed by atoms with Crippen LogP contribution in [0.1, 0.15) is 77.1 Å². The van der Waals surface area contributed by atoms with Crippen molar-refractivity contribution in [2.75, 3.05) is 0 Å². The molecule has 0 amide bonds. The van der Waals surface area contributed by atoms with E-state index < -0.39 is 5.97 Å². The molecule has 0 radical (unpaired) electrons. The number of aromatic carboxylic acids is 1. The molecule has 0 aliphatic rings. The predicted molar refractivity (Wildman–Crippen MR) is 148 cm³/mol. The molecule has 2 nitrogen and oxygen atoms in total. The molecule has 178 valence electrons. The van der Waals surface area contributed by atoms with E-state index in [4.69, 9.17) is 0 Å². The number of aryl methyl sites for hydroxylation is 2. The van der Waals surface area contributed by atoms with Crippen LogP contribution in [0.3, 0.4) is 0 Å². The molecular formula is C31H39BO2. The van der Waals surface area contributed by atoms with Crippen LogP contribution in [0.4, 0.5) is 0 Å². The van der Waals surface area contributed by atoms with Gasteiger partial charge in [-0.25, -0.2) is 4.79 Å². The second-order valence-electron chi connectivity index (χ2n) is 10.3. The highest BCUT2D eigenvalue weighted by Gasteiger charge is 2.33. The van der Waals surface area contributed by atoms with E-state index in [2.05, 4.69) is 83.1 Å². The van der Waals surface area contributed by atoms with E-state index in [0.29, 0.717) is 5.56 Å². The van der Waals surface area contributed by atoms with Crippen molar-refractivity contribution < 1.29 is 9.90 Å². The van der Waals surface area contributed by atoms with Gasteiger partial charge in [0.25, 0.3) is 0 Å². The number of hydrogen-bond acceptors (Lipinski definition) is 1. The number of benzene rings is 3. The summed E-state index contributed by atoms with van der Waals surface area (Å²) in [6.07, 6.45) is 0. The van der Waals surface area contributed by atoms with Crippen LogP contribution in [-0.4, -0.2) is 17.8 Å². The molecule has 3 heteroatoms.